The Morgan fingerprint density at radius 2 is 1.13 bits per heavy atom. The van der Waals surface area contributed by atoms with E-state index in [1.54, 1.807) is 6.92 Å². The van der Waals surface area contributed by atoms with Crippen LogP contribution in [-0.4, -0.2) is 330 Å². The molecule has 29 N–H and O–H groups in total. The number of hydrogen-bond donors (Lipinski definition) is 21. The molecule has 5 aliphatic rings. The molecule has 0 spiro atoms. The molecule has 5 heterocycles. The quantitative estimate of drug-likeness (QED) is 0.00952. The molecule has 49 nitrogen and oxygen atoms in total. The minimum atomic E-state index is -4.02. The van der Waals surface area contributed by atoms with Crippen LogP contribution < -0.4 is 83.1 Å². The molecule has 16 atom stereocenters. The summed E-state index contributed by atoms with van der Waals surface area (Å²) < 4.78 is 20.7. The Hall–Kier alpha value is -10.9. The number of carboxylic acid groups (broad SMARTS) is 1. The number of nitrogens with zero attached hydrogens (tertiary/aromatic N) is 8. The monoisotopic (exact) mass is 1950 g/mol. The first kappa shape index (κ1) is 113. The SMILES string of the molecule is CC[C@H](C)C(NC(=O)[C@H](CO)NC(=O)[C@H](CCCN=C(N)N)CC(=O)[C@@H]1CCCN1C(=O)[C@@H]1CCCN1C(=O)[C@H](CCC(N)=O)NC(=O)[C@H](CCCN=C(N)N)NC(=O)[C@@H](N)CCCN=C(N)N)C(=O)N[C@@H](CO)C(=O)C[C@@H](CO)C(=O)N[C@@H](Cc1cnc[nH]1)C(=O)N1CCC[C@H]1C(=O)N[C@@H](CSC1CC(=O)N(CC2CCC(C(=O)CCCCCCCOP(=O)(O)OC)CC2)C1=O)C(=O)O. The number of ketones is 3. The second kappa shape index (κ2) is 57.2. The van der Waals surface area contributed by atoms with Gasteiger partial charge in [-0.2, -0.15) is 0 Å². The average molecular weight is 1950 g/mol. The number of likely N-dealkylation sites (tertiary alicyclic amines) is 4. The standard InChI is InChI=1S/C84H139N24O25PS/c1-4-47(2)69(104-74(121)58(44-111)102-70(117)50(16-10-29-94-82(87)88)36-65(114)60-19-13-32-105(60)79(126)62-21-15-34-107(62)77(124)55(27-28-67(86)115)99-73(120)54(18-12-31-96-84(91)92)98-72(119)53(85)17-11-30-95-83(89)90)76(123)101-57(43-110)64(113)37-51(42-109)71(118)100-56(38-52-40-93-46-97-52)78(125)106-33-14-20-61(106)75(122)103-59(81(128)129)45-135-66-39-68(116)108(80(66)127)41-48-23-25-49(26-24-48)63(112)22-8-6-5-7-9-35-133-134(130,131)132-3/h40,46-51,53-62,66,69,109-111H,4-39,41-45,85H2,1-3H3,(H2,86,115)(H,93,97)(H,98,119)(H,99,120)(H,100,118)(H,101,123)(H,102,117)(H,103,122)(H,104,121)(H,128,129)(H,130,131)(H4,87,88,94)(H4,89,90,95)(H4,91,92,96)/t47-,48?,49?,50+,51-,53-,54-,55-,56-,57-,58-,59-,60-,61-,62-,66?,69?/m0/s1. The van der Waals surface area contributed by atoms with E-state index in [0.29, 0.717) is 69.9 Å². The number of unbranched alkanes of at least 4 members (excludes halogenated alkanes) is 4. The van der Waals surface area contributed by atoms with Crippen molar-refractivity contribution in [3.8, 4) is 0 Å². The highest BCUT2D eigenvalue weighted by Gasteiger charge is 2.48. The lowest BCUT2D eigenvalue weighted by Gasteiger charge is -2.33. The van der Waals surface area contributed by atoms with Crippen molar-refractivity contribution < 1.29 is 120 Å². The molecule has 0 radical (unpaired) electrons. The molecule has 6 rings (SSSR count). The van der Waals surface area contributed by atoms with Crippen LogP contribution in [0.3, 0.4) is 0 Å². The summed E-state index contributed by atoms with van der Waals surface area (Å²) in [5, 5.41) is 59.1. The van der Waals surface area contributed by atoms with Gasteiger partial charge in [-0.1, -0.05) is 39.5 Å². The second-order valence-electron chi connectivity index (χ2n) is 34.7. The molecule has 135 heavy (non-hydrogen) atoms. The molecule has 1 aromatic heterocycles. The number of amides is 13. The number of rotatable bonds is 62. The molecule has 13 amide bonds. The number of thioether (sulfide) groups is 1. The molecule has 4 aliphatic heterocycles. The lowest BCUT2D eigenvalue weighted by Crippen LogP contribution is -2.59. The van der Waals surface area contributed by atoms with E-state index < -0.39 is 231 Å². The zero-order chi connectivity index (χ0) is 99.8. The van der Waals surface area contributed by atoms with Crippen LogP contribution in [-0.2, 0) is 102 Å². The molecule has 51 heteroatoms. The third kappa shape index (κ3) is 36.6. The van der Waals surface area contributed by atoms with Crippen molar-refractivity contribution in [3.63, 3.8) is 0 Å². The number of aliphatic imine (C=N–C) groups is 3. The molecule has 0 aromatic carbocycles. The fourth-order valence-electron chi connectivity index (χ4n) is 16.9. The lowest BCUT2D eigenvalue weighted by atomic mass is 9.79. The maximum atomic E-state index is 14.8. The number of aliphatic carboxylic acids is 1. The van der Waals surface area contributed by atoms with Crippen molar-refractivity contribution in [2.24, 2.45) is 90.4 Å². The maximum Gasteiger partial charge on any atom is 0.471 e. The number of phosphoric acid groups is 1. The van der Waals surface area contributed by atoms with Crippen LogP contribution in [0, 0.1) is 29.6 Å². The number of aliphatic hydroxyl groups is 3. The van der Waals surface area contributed by atoms with E-state index in [1.165, 1.54) is 34.1 Å². The first-order valence-electron chi connectivity index (χ1n) is 46.0. The fraction of sp³-hybridized carbons (Fsp3) is 0.726. The number of nitrogens with one attached hydrogen (secondary N) is 8. The number of Topliss-reactive ketones (excluding diaryl/α,β-unsaturated/α-hetero) is 3. The van der Waals surface area contributed by atoms with Crippen molar-refractivity contribution in [2.75, 3.05) is 85.1 Å². The van der Waals surface area contributed by atoms with Crippen LogP contribution in [0.25, 0.3) is 0 Å². The van der Waals surface area contributed by atoms with E-state index in [0.717, 1.165) is 43.0 Å². The third-order valence-corrected chi connectivity index (χ3v) is 27.0. The Morgan fingerprint density at radius 1 is 0.578 bits per heavy atom. The summed E-state index contributed by atoms with van der Waals surface area (Å²) >= 11 is 0.877. The van der Waals surface area contributed by atoms with Crippen molar-refractivity contribution in [1.82, 2.24) is 66.8 Å². The Bertz CT molecular complexity index is 4340. The van der Waals surface area contributed by atoms with E-state index in [1.807, 2.05) is 0 Å². The van der Waals surface area contributed by atoms with Gasteiger partial charge in [0.05, 0.1) is 56.0 Å². The normalized spacial score (nSPS) is 20.6. The van der Waals surface area contributed by atoms with Gasteiger partial charge in [-0.15, -0.1) is 11.8 Å². The summed E-state index contributed by atoms with van der Waals surface area (Å²) in [7, 11) is -2.94. The van der Waals surface area contributed by atoms with Gasteiger partial charge in [-0.05, 0) is 134 Å². The maximum absolute atomic E-state index is 14.8. The zero-order valence-electron chi connectivity index (χ0n) is 76.9. The van der Waals surface area contributed by atoms with E-state index in [2.05, 4.69) is 66.7 Å². The van der Waals surface area contributed by atoms with Gasteiger partial charge in [0.15, 0.2) is 29.4 Å². The number of primary amides is 1. The van der Waals surface area contributed by atoms with Gasteiger partial charge in [0, 0.05) is 121 Å². The number of aromatic nitrogens is 2. The van der Waals surface area contributed by atoms with Crippen LogP contribution in [0.1, 0.15) is 199 Å². The summed E-state index contributed by atoms with van der Waals surface area (Å²) in [6.07, 6.45) is 8.18. The predicted molar refractivity (Wildman–Crippen MR) is 489 cm³/mol. The lowest BCUT2D eigenvalue weighted by molar-refractivity contribution is -0.148. The van der Waals surface area contributed by atoms with Crippen LogP contribution in [0.5, 0.6) is 0 Å². The van der Waals surface area contributed by atoms with Crippen LogP contribution >= 0.6 is 19.6 Å². The van der Waals surface area contributed by atoms with Gasteiger partial charge in [-0.3, -0.25) is 106 Å². The molecular formula is C84H139N24O25PS. The summed E-state index contributed by atoms with van der Waals surface area (Å²) in [6, 6.07) is -15.9. The van der Waals surface area contributed by atoms with Crippen LogP contribution in [0.15, 0.2) is 27.5 Å². The van der Waals surface area contributed by atoms with Crippen molar-refractivity contribution >= 4 is 138 Å². The Labute approximate surface area is 786 Å². The van der Waals surface area contributed by atoms with E-state index in [4.69, 9.17) is 50.4 Å². The molecule has 1 aromatic rings. The summed E-state index contributed by atoms with van der Waals surface area (Å²) in [5.74, 6) is -18.7. The third-order valence-electron chi connectivity index (χ3n) is 24.8. The van der Waals surface area contributed by atoms with Crippen molar-refractivity contribution in [1.29, 1.82) is 0 Å². The zero-order valence-corrected chi connectivity index (χ0v) is 78.6. The molecule has 1 saturated carbocycles. The Morgan fingerprint density at radius 3 is 1.72 bits per heavy atom. The van der Waals surface area contributed by atoms with Gasteiger partial charge >= 0.3 is 13.8 Å². The van der Waals surface area contributed by atoms with Crippen molar-refractivity contribution in [3.05, 3.63) is 18.2 Å². The number of guanidine groups is 3. The number of phosphoric ester groups is 1. The number of carbonyl (C=O) groups excluding carboxylic acids is 16. The van der Waals surface area contributed by atoms with Crippen LogP contribution in [0.2, 0.25) is 0 Å². The number of imidazole rings is 1. The molecule has 1 aliphatic carbocycles. The smallest absolute Gasteiger partial charge is 0.471 e. The molecule has 5 fully saturated rings. The Kier molecular flexibility index (Phi) is 47.8. The van der Waals surface area contributed by atoms with Gasteiger partial charge < -0.3 is 128 Å². The average Bonchev–Trinajstić information content (AvgIpc) is 1.66. The van der Waals surface area contributed by atoms with E-state index in [-0.39, 0.29) is 177 Å². The van der Waals surface area contributed by atoms with Gasteiger partial charge in [0.1, 0.15) is 60.2 Å². The molecule has 3 unspecified atom stereocenters. The number of H-pyrrole nitrogens is 1. The number of carboxylic acids is 1. The van der Waals surface area contributed by atoms with E-state index >= 15 is 0 Å². The largest absolute Gasteiger partial charge is 0.480 e. The predicted octanol–water partition coefficient (Wildman–Crippen LogP) is -5.33. The minimum absolute atomic E-state index is 0.000851. The first-order chi connectivity index (χ1) is 64.2. The molecule has 756 valence electrons. The van der Waals surface area contributed by atoms with Crippen LogP contribution in [0.4, 0.5) is 0 Å². The van der Waals surface area contributed by atoms with Gasteiger partial charge in [0.2, 0.25) is 76.8 Å². The number of hydrogen-bond acceptors (Lipinski definition) is 29. The summed E-state index contributed by atoms with van der Waals surface area (Å²) in [6.45, 7) is 0.335. The summed E-state index contributed by atoms with van der Waals surface area (Å²) in [5.41, 5.74) is 45.0. The Balaban J connectivity index is 1.05. The molecular weight excluding hydrogens is 1810 g/mol. The second-order valence-corrected chi connectivity index (χ2v) is 37.5. The van der Waals surface area contributed by atoms with Crippen molar-refractivity contribution in [2.45, 2.75) is 272 Å². The number of aliphatic hydroxyl groups excluding tert-OH is 3. The number of aromatic amines is 1. The highest BCUT2D eigenvalue weighted by atomic mass is 32.2. The molecule has 4 saturated heterocycles. The minimum Gasteiger partial charge on any atom is -0.480 e. The number of carbonyl (C=O) groups is 17. The fourth-order valence-corrected chi connectivity index (χ4v) is 18.5. The number of imide groups is 1. The van der Waals surface area contributed by atoms with E-state index in [9.17, 15) is 111 Å². The topological polar surface area (TPSA) is 798 Å². The molecule has 0 bridgehead atoms. The highest BCUT2D eigenvalue weighted by molar-refractivity contribution is 8.00. The summed E-state index contributed by atoms with van der Waals surface area (Å²) in [4.78, 5) is 270. The number of nitrogens with two attached hydrogens (primary N) is 8. The first-order valence-corrected chi connectivity index (χ1v) is 48.5. The highest BCUT2D eigenvalue weighted by Crippen LogP contribution is 2.42. The van der Waals surface area contributed by atoms with Gasteiger partial charge in [0.25, 0.3) is 0 Å². The van der Waals surface area contributed by atoms with Gasteiger partial charge in [-0.25, -0.2) is 14.3 Å².